The van der Waals surface area contributed by atoms with Gasteiger partial charge in [-0.15, -0.1) is 0 Å². The summed E-state index contributed by atoms with van der Waals surface area (Å²) in [4.78, 5) is 55.5. The second-order valence-electron chi connectivity index (χ2n) is 18.1. The number of sulfone groups is 1. The minimum absolute atomic E-state index is 0.00844. The van der Waals surface area contributed by atoms with E-state index < -0.39 is 21.8 Å². The third kappa shape index (κ3) is 9.07. The Morgan fingerprint density at radius 2 is 1.11 bits per heavy atom. The lowest BCUT2D eigenvalue weighted by Crippen LogP contribution is -2.43. The molecule has 0 saturated heterocycles. The van der Waals surface area contributed by atoms with Crippen LogP contribution in [0.5, 0.6) is 0 Å². The molecule has 6 aromatic rings. The molecule has 1 N–H and O–H groups in total. The van der Waals surface area contributed by atoms with Gasteiger partial charge in [-0.3, -0.25) is 9.59 Å². The van der Waals surface area contributed by atoms with E-state index in [4.69, 9.17) is 13.6 Å². The van der Waals surface area contributed by atoms with E-state index in [1.54, 1.807) is 34.1 Å². The first kappa shape index (κ1) is 45.3. The summed E-state index contributed by atoms with van der Waals surface area (Å²) in [6.45, 7) is 12.1. The van der Waals surface area contributed by atoms with Gasteiger partial charge in [-0.05, 0) is 133 Å². The Balaban J connectivity index is 0.000000190. The van der Waals surface area contributed by atoms with Gasteiger partial charge in [-0.1, -0.05) is 38.1 Å². The number of aromatic carboxylic acids is 1. The second-order valence-corrected chi connectivity index (χ2v) is 20.1. The van der Waals surface area contributed by atoms with Gasteiger partial charge in [-0.2, -0.15) is 0 Å². The van der Waals surface area contributed by atoms with Gasteiger partial charge in [0, 0.05) is 51.7 Å². The average molecular weight is 879 g/mol. The van der Waals surface area contributed by atoms with Crippen molar-refractivity contribution in [3.8, 4) is 0 Å². The van der Waals surface area contributed by atoms with Crippen molar-refractivity contribution in [1.82, 2.24) is 0 Å². The third-order valence-electron chi connectivity index (χ3n) is 12.9. The van der Waals surface area contributed by atoms with Crippen LogP contribution in [0, 0.1) is 23.7 Å². The Labute approximate surface area is 368 Å². The van der Waals surface area contributed by atoms with Crippen molar-refractivity contribution in [3.05, 3.63) is 77.9 Å². The number of rotatable bonds is 9. The normalized spacial score (nSPS) is 19.3. The number of hydrogen-bond acceptors (Lipinski definition) is 9. The first-order valence-electron chi connectivity index (χ1n) is 22.0. The minimum atomic E-state index is -3.56. The summed E-state index contributed by atoms with van der Waals surface area (Å²) in [6.07, 6.45) is 8.55. The number of carbonyl (C=O) groups is 4. The Morgan fingerprint density at radius 3 is 1.63 bits per heavy atom. The Kier molecular flexibility index (Phi) is 13.1. The molecule has 0 aliphatic heterocycles. The summed E-state index contributed by atoms with van der Waals surface area (Å²) in [6, 6.07) is 18.8. The highest BCUT2D eigenvalue weighted by Crippen LogP contribution is 2.41. The van der Waals surface area contributed by atoms with E-state index in [2.05, 4.69) is 13.8 Å². The second kappa shape index (κ2) is 18.2. The highest BCUT2D eigenvalue weighted by molar-refractivity contribution is 7.91. The number of fused-ring (bicyclic) bond motifs is 6. The molecule has 0 radical (unpaired) electrons. The van der Waals surface area contributed by atoms with Gasteiger partial charge in [0.25, 0.3) is 0 Å². The van der Waals surface area contributed by atoms with Crippen LogP contribution in [-0.4, -0.2) is 62.7 Å². The lowest BCUT2D eigenvalue weighted by atomic mass is 9.82. The van der Waals surface area contributed by atoms with Crippen molar-refractivity contribution in [2.45, 2.75) is 110 Å². The molecule has 63 heavy (non-hydrogen) atoms. The molecule has 4 aromatic carbocycles. The molecule has 2 fully saturated rings. The van der Waals surface area contributed by atoms with Crippen molar-refractivity contribution < 1.29 is 46.3 Å². The predicted octanol–water partition coefficient (Wildman–Crippen LogP) is 11.2. The molecule has 334 valence electrons. The molecule has 2 aliphatic carbocycles. The van der Waals surface area contributed by atoms with Crippen LogP contribution in [0.15, 0.2) is 80.5 Å². The van der Waals surface area contributed by atoms with Crippen molar-refractivity contribution in [2.75, 3.05) is 23.2 Å². The molecule has 2 heterocycles. The monoisotopic (exact) mass is 878 g/mol. The van der Waals surface area contributed by atoms with Crippen molar-refractivity contribution >= 4 is 88.8 Å². The number of nitrogens with zero attached hydrogens (tertiary/aromatic N) is 2. The fraction of sp³-hybridized carbons (Fsp3) is 0.440. The Hall–Kier alpha value is -5.69. The molecular weight excluding hydrogens is 821 g/mol. The lowest BCUT2D eigenvalue weighted by Gasteiger charge is -2.34. The van der Waals surface area contributed by atoms with Gasteiger partial charge in [0.2, 0.25) is 11.8 Å². The van der Waals surface area contributed by atoms with Crippen LogP contribution in [0.4, 0.5) is 11.4 Å². The highest BCUT2D eigenvalue weighted by atomic mass is 32.2. The molecule has 0 bridgehead atoms. The molecular formula is C50H58N2O10S. The first-order chi connectivity index (χ1) is 29.9. The number of hydrogen-bond donors (Lipinski definition) is 1. The topological polar surface area (TPSA) is 165 Å². The van der Waals surface area contributed by atoms with Crippen molar-refractivity contribution in [1.29, 1.82) is 0 Å². The maximum Gasteiger partial charge on any atom is 0.340 e. The number of carboxylic acids is 1. The van der Waals surface area contributed by atoms with E-state index in [0.717, 1.165) is 74.0 Å². The number of methoxy groups -OCH3 is 1. The zero-order chi connectivity index (χ0) is 45.5. The highest BCUT2D eigenvalue weighted by Gasteiger charge is 2.35. The maximum absolute atomic E-state index is 13.6. The van der Waals surface area contributed by atoms with E-state index in [1.165, 1.54) is 19.2 Å². The molecule has 2 saturated carbocycles. The van der Waals surface area contributed by atoms with Gasteiger partial charge in [0.1, 0.15) is 22.3 Å². The molecule has 2 amide bonds. The molecule has 12 nitrogen and oxygen atoms in total. The van der Waals surface area contributed by atoms with Crippen LogP contribution in [0.3, 0.4) is 0 Å². The van der Waals surface area contributed by atoms with Gasteiger partial charge < -0.3 is 28.5 Å². The number of ether oxygens (including phenoxy) is 1. The first-order valence-corrected chi connectivity index (χ1v) is 23.9. The zero-order valence-electron chi connectivity index (χ0n) is 37.4. The van der Waals surface area contributed by atoms with Crippen LogP contribution in [-0.2, 0) is 24.2 Å². The number of esters is 1. The van der Waals surface area contributed by atoms with E-state index in [0.29, 0.717) is 45.0 Å². The summed E-state index contributed by atoms with van der Waals surface area (Å²) in [7, 11) is -2.20. The Morgan fingerprint density at radius 1 is 0.635 bits per heavy atom. The number of anilines is 2. The number of carboxylic acid groups (broad SMARTS) is 1. The van der Waals surface area contributed by atoms with Crippen LogP contribution < -0.4 is 9.80 Å². The number of benzene rings is 4. The molecule has 0 atom stereocenters. The summed E-state index contributed by atoms with van der Waals surface area (Å²) < 4.78 is 41.7. The largest absolute Gasteiger partial charge is 0.478 e. The number of carbonyl (C=O) groups excluding carboxylic acids is 3. The fourth-order valence-electron chi connectivity index (χ4n) is 9.45. The van der Waals surface area contributed by atoms with E-state index in [-0.39, 0.29) is 57.5 Å². The number of para-hydroxylation sites is 1. The SMILES string of the molecule is CC1CCC(C(=O)N(c2cc3c(cc2C(=O)O)oc2cccc(S(C)(=O)=O)c23)C(C)C)CC1.COC(=O)c1cc2oc3ccccc3c2cc1N(C(=O)C1CCC(C)CC1)C(C)C. The van der Waals surface area contributed by atoms with Crippen molar-refractivity contribution in [3.63, 3.8) is 0 Å². The smallest absolute Gasteiger partial charge is 0.340 e. The summed E-state index contributed by atoms with van der Waals surface area (Å²) >= 11 is 0. The van der Waals surface area contributed by atoms with Gasteiger partial charge >= 0.3 is 11.9 Å². The predicted molar refractivity (Wildman–Crippen MR) is 246 cm³/mol. The van der Waals surface area contributed by atoms with Gasteiger partial charge in [0.05, 0.1) is 34.5 Å². The molecule has 13 heteroatoms. The fourth-order valence-corrected chi connectivity index (χ4v) is 10.4. The number of amides is 2. The van der Waals surface area contributed by atoms with E-state index in [9.17, 15) is 32.7 Å². The third-order valence-corrected chi connectivity index (χ3v) is 14.0. The van der Waals surface area contributed by atoms with Crippen LogP contribution in [0.25, 0.3) is 43.9 Å². The quantitative estimate of drug-likeness (QED) is 0.138. The van der Waals surface area contributed by atoms with Crippen LogP contribution >= 0.6 is 0 Å². The molecule has 0 unspecified atom stereocenters. The minimum Gasteiger partial charge on any atom is -0.478 e. The lowest BCUT2D eigenvalue weighted by molar-refractivity contribution is -0.124. The molecule has 2 aromatic heterocycles. The van der Waals surface area contributed by atoms with Gasteiger partial charge in [-0.25, -0.2) is 18.0 Å². The molecule has 8 rings (SSSR count). The molecule has 2 aliphatic rings. The van der Waals surface area contributed by atoms with E-state index >= 15 is 0 Å². The van der Waals surface area contributed by atoms with Crippen LogP contribution in [0.2, 0.25) is 0 Å². The summed E-state index contributed by atoms with van der Waals surface area (Å²) in [5.74, 6) is -0.557. The van der Waals surface area contributed by atoms with Gasteiger partial charge in [0.15, 0.2) is 9.84 Å². The number of furan rings is 2. The average Bonchev–Trinajstić information content (AvgIpc) is 3.80. The maximum atomic E-state index is 13.6. The Bertz CT molecular complexity index is 2820. The van der Waals surface area contributed by atoms with Crippen LogP contribution in [0.1, 0.15) is 114 Å². The van der Waals surface area contributed by atoms with Crippen molar-refractivity contribution in [2.24, 2.45) is 23.7 Å². The van der Waals surface area contributed by atoms with E-state index in [1.807, 2.05) is 58.0 Å². The standard InChI is InChI=1S/C25H29NO6S.C25H29NO4/c1-14(2)26(24(27)16-10-8-15(3)9-11-16)19-12-18-21(13-17(19)25(28)29)32-20-6-5-7-22(23(18)20)33(4,30)31;1-15(2)26(24(27)17-11-9-16(3)10-12-17)21-13-19-18-7-5-6-8-22(18)30-23(19)14-20(21)25(28)29-4/h5-7,12-16H,8-11H2,1-4H3,(H,28,29);5-8,13-17H,9-12H2,1-4H3. The summed E-state index contributed by atoms with van der Waals surface area (Å²) in [5, 5.41) is 12.7. The molecule has 0 spiro atoms. The zero-order valence-corrected chi connectivity index (χ0v) is 38.2. The summed E-state index contributed by atoms with van der Waals surface area (Å²) in [5.41, 5.74) is 3.16.